The Morgan fingerprint density at radius 1 is 1.32 bits per heavy atom. The lowest BCUT2D eigenvalue weighted by molar-refractivity contribution is 0.0696. The molecule has 0 unspecified atom stereocenters. The Bertz CT molecular complexity index is 589. The smallest absolute Gasteiger partial charge is 0.335 e. The molecule has 0 radical (unpaired) electrons. The number of benzene rings is 1. The summed E-state index contributed by atoms with van der Waals surface area (Å²) in [6.07, 6.45) is 3.66. The van der Waals surface area contributed by atoms with E-state index in [0.29, 0.717) is 0 Å². The predicted octanol–water partition coefficient (Wildman–Crippen LogP) is 2.49. The van der Waals surface area contributed by atoms with Crippen LogP contribution in [0.4, 0.5) is 4.39 Å². The van der Waals surface area contributed by atoms with Crippen LogP contribution in [-0.2, 0) is 9.84 Å². The molecule has 1 aliphatic rings. The molecule has 0 amide bonds. The van der Waals surface area contributed by atoms with Crippen LogP contribution in [0.2, 0.25) is 0 Å². The zero-order valence-corrected chi connectivity index (χ0v) is 11.1. The lowest BCUT2D eigenvalue weighted by atomic mass is 10.1. The molecule has 0 aromatic heterocycles. The highest BCUT2D eigenvalue weighted by Crippen LogP contribution is 2.29. The zero-order valence-electron chi connectivity index (χ0n) is 10.3. The normalized spacial score (nSPS) is 16.7. The number of carboxylic acids is 1. The SMILES string of the molecule is O=C(O)c1ccc(F)c(S(=O)(=O)CC2CCCC2)c1. The summed E-state index contributed by atoms with van der Waals surface area (Å²) >= 11 is 0. The topological polar surface area (TPSA) is 71.4 Å². The first-order chi connectivity index (χ1) is 8.90. The first kappa shape index (κ1) is 14.0. The molecule has 1 aromatic carbocycles. The van der Waals surface area contributed by atoms with Crippen LogP contribution in [0, 0.1) is 11.7 Å². The van der Waals surface area contributed by atoms with Gasteiger partial charge in [-0.05, 0) is 37.0 Å². The van der Waals surface area contributed by atoms with Crippen LogP contribution in [-0.4, -0.2) is 25.2 Å². The third-order valence-corrected chi connectivity index (χ3v) is 5.34. The van der Waals surface area contributed by atoms with Crippen LogP contribution in [0.15, 0.2) is 23.1 Å². The van der Waals surface area contributed by atoms with E-state index in [0.717, 1.165) is 43.9 Å². The van der Waals surface area contributed by atoms with Gasteiger partial charge in [0.25, 0.3) is 0 Å². The third-order valence-electron chi connectivity index (χ3n) is 3.44. The molecule has 1 N–H and O–H groups in total. The monoisotopic (exact) mass is 286 g/mol. The van der Waals surface area contributed by atoms with E-state index in [1.165, 1.54) is 0 Å². The summed E-state index contributed by atoms with van der Waals surface area (Å²) in [5, 5.41) is 8.83. The van der Waals surface area contributed by atoms with E-state index in [1.807, 2.05) is 0 Å². The van der Waals surface area contributed by atoms with Crippen molar-refractivity contribution < 1.29 is 22.7 Å². The highest BCUT2D eigenvalue weighted by molar-refractivity contribution is 7.91. The highest BCUT2D eigenvalue weighted by atomic mass is 32.2. The molecule has 0 bridgehead atoms. The second-order valence-corrected chi connectivity index (χ2v) is 6.88. The van der Waals surface area contributed by atoms with E-state index in [1.54, 1.807) is 0 Å². The van der Waals surface area contributed by atoms with Gasteiger partial charge in [-0.3, -0.25) is 0 Å². The number of hydrogen-bond donors (Lipinski definition) is 1. The van der Waals surface area contributed by atoms with Gasteiger partial charge in [0.1, 0.15) is 10.7 Å². The molecule has 6 heteroatoms. The quantitative estimate of drug-likeness (QED) is 0.923. The fourth-order valence-corrected chi connectivity index (χ4v) is 4.26. The van der Waals surface area contributed by atoms with E-state index < -0.39 is 26.5 Å². The molecule has 1 fully saturated rings. The first-order valence-corrected chi connectivity index (χ1v) is 7.81. The number of sulfone groups is 1. The summed E-state index contributed by atoms with van der Waals surface area (Å²) < 4.78 is 37.9. The number of hydrogen-bond acceptors (Lipinski definition) is 3. The summed E-state index contributed by atoms with van der Waals surface area (Å²) in [6, 6.07) is 2.86. The van der Waals surface area contributed by atoms with Gasteiger partial charge >= 0.3 is 5.97 Å². The second-order valence-electron chi connectivity index (χ2n) is 4.88. The molecule has 1 saturated carbocycles. The minimum Gasteiger partial charge on any atom is -0.478 e. The number of aromatic carboxylic acids is 1. The molecule has 1 aromatic rings. The maximum atomic E-state index is 13.6. The van der Waals surface area contributed by atoms with Crippen molar-refractivity contribution in [1.29, 1.82) is 0 Å². The minimum atomic E-state index is -3.77. The van der Waals surface area contributed by atoms with Gasteiger partial charge in [0, 0.05) is 0 Å². The van der Waals surface area contributed by atoms with Gasteiger partial charge in [0.05, 0.1) is 11.3 Å². The van der Waals surface area contributed by atoms with E-state index in [2.05, 4.69) is 0 Å². The van der Waals surface area contributed by atoms with Gasteiger partial charge in [-0.1, -0.05) is 12.8 Å². The zero-order chi connectivity index (χ0) is 14.0. The molecule has 0 heterocycles. The Morgan fingerprint density at radius 2 is 1.95 bits per heavy atom. The standard InChI is InChI=1S/C13H15FO4S/c14-11-6-5-10(13(15)16)7-12(11)19(17,18)8-9-3-1-2-4-9/h5-7,9H,1-4,8H2,(H,15,16). The lowest BCUT2D eigenvalue weighted by Crippen LogP contribution is -2.16. The Morgan fingerprint density at radius 3 is 2.53 bits per heavy atom. The highest BCUT2D eigenvalue weighted by Gasteiger charge is 2.27. The van der Waals surface area contributed by atoms with Crippen LogP contribution in [0.25, 0.3) is 0 Å². The summed E-state index contributed by atoms with van der Waals surface area (Å²) in [5.74, 6) is -2.20. The van der Waals surface area contributed by atoms with Crippen molar-refractivity contribution >= 4 is 15.8 Å². The van der Waals surface area contributed by atoms with E-state index in [4.69, 9.17) is 5.11 Å². The van der Waals surface area contributed by atoms with Gasteiger partial charge < -0.3 is 5.11 Å². The van der Waals surface area contributed by atoms with Crippen molar-refractivity contribution in [3.05, 3.63) is 29.6 Å². The third kappa shape index (κ3) is 3.12. The fourth-order valence-electron chi connectivity index (χ4n) is 2.45. The molecule has 0 spiro atoms. The van der Waals surface area contributed by atoms with Crippen molar-refractivity contribution in [1.82, 2.24) is 0 Å². The Hall–Kier alpha value is -1.43. The Balaban J connectivity index is 2.33. The molecule has 0 saturated heterocycles. The summed E-state index contributed by atoms with van der Waals surface area (Å²) in [5.41, 5.74) is -0.216. The predicted molar refractivity (Wildman–Crippen MR) is 67.4 cm³/mol. The first-order valence-electron chi connectivity index (χ1n) is 6.16. The molecular formula is C13H15FO4S. The number of halogens is 1. The average Bonchev–Trinajstić information content (AvgIpc) is 2.81. The summed E-state index contributed by atoms with van der Waals surface area (Å²) in [6.45, 7) is 0. The molecule has 19 heavy (non-hydrogen) atoms. The lowest BCUT2D eigenvalue weighted by Gasteiger charge is -2.11. The van der Waals surface area contributed by atoms with Crippen LogP contribution in [0.1, 0.15) is 36.0 Å². The summed E-state index contributed by atoms with van der Waals surface area (Å²) in [7, 11) is -3.77. The van der Waals surface area contributed by atoms with Crippen molar-refractivity contribution in [2.45, 2.75) is 30.6 Å². The van der Waals surface area contributed by atoms with Crippen molar-refractivity contribution in [2.24, 2.45) is 5.92 Å². The summed E-state index contributed by atoms with van der Waals surface area (Å²) in [4.78, 5) is 10.3. The van der Waals surface area contributed by atoms with Gasteiger partial charge in [-0.15, -0.1) is 0 Å². The molecule has 0 aliphatic heterocycles. The van der Waals surface area contributed by atoms with Crippen LogP contribution < -0.4 is 0 Å². The fraction of sp³-hybridized carbons (Fsp3) is 0.462. The molecule has 4 nitrogen and oxygen atoms in total. The maximum Gasteiger partial charge on any atom is 0.335 e. The molecule has 2 rings (SSSR count). The van der Waals surface area contributed by atoms with E-state index in [-0.39, 0.29) is 17.2 Å². The van der Waals surface area contributed by atoms with E-state index in [9.17, 15) is 17.6 Å². The minimum absolute atomic E-state index is 0.0536. The van der Waals surface area contributed by atoms with Crippen molar-refractivity contribution in [2.75, 3.05) is 5.75 Å². The molecule has 104 valence electrons. The van der Waals surface area contributed by atoms with Gasteiger partial charge in [-0.25, -0.2) is 17.6 Å². The number of carboxylic acid groups (broad SMARTS) is 1. The van der Waals surface area contributed by atoms with Crippen LogP contribution in [0.3, 0.4) is 0 Å². The van der Waals surface area contributed by atoms with Gasteiger partial charge in [-0.2, -0.15) is 0 Å². The van der Waals surface area contributed by atoms with Crippen molar-refractivity contribution in [3.8, 4) is 0 Å². The maximum absolute atomic E-state index is 13.6. The Kier molecular flexibility index (Phi) is 3.89. The second kappa shape index (κ2) is 5.28. The number of rotatable bonds is 4. The van der Waals surface area contributed by atoms with Crippen molar-refractivity contribution in [3.63, 3.8) is 0 Å². The van der Waals surface area contributed by atoms with Crippen LogP contribution >= 0.6 is 0 Å². The number of carbonyl (C=O) groups is 1. The van der Waals surface area contributed by atoms with E-state index >= 15 is 0 Å². The molecule has 0 atom stereocenters. The average molecular weight is 286 g/mol. The molecule has 1 aliphatic carbocycles. The van der Waals surface area contributed by atoms with Gasteiger partial charge in [0.2, 0.25) is 0 Å². The Labute approximate surface area is 111 Å². The molecular weight excluding hydrogens is 271 g/mol. The van der Waals surface area contributed by atoms with Gasteiger partial charge in [0.15, 0.2) is 9.84 Å². The van der Waals surface area contributed by atoms with Crippen LogP contribution in [0.5, 0.6) is 0 Å². The largest absolute Gasteiger partial charge is 0.478 e.